The molecule has 0 saturated carbocycles. The number of aryl methyl sites for hydroxylation is 1. The van der Waals surface area contributed by atoms with Crippen molar-refractivity contribution < 1.29 is 9.53 Å². The average molecular weight is 321 g/mol. The van der Waals surface area contributed by atoms with Crippen LogP contribution in [0, 0.1) is 6.92 Å². The number of hydrogen-bond donors (Lipinski definition) is 1. The van der Waals surface area contributed by atoms with E-state index < -0.39 is 0 Å². The van der Waals surface area contributed by atoms with Gasteiger partial charge in [0.15, 0.2) is 0 Å². The topological polar surface area (TPSA) is 38.3 Å². The molecule has 0 saturated heterocycles. The predicted octanol–water partition coefficient (Wildman–Crippen LogP) is 3.78. The molecule has 0 aliphatic rings. The monoisotopic (exact) mass is 319 g/mol. The molecule has 0 heterocycles. The second-order valence-electron chi connectivity index (χ2n) is 3.69. The van der Waals surface area contributed by atoms with Gasteiger partial charge < -0.3 is 10.1 Å². The third kappa shape index (κ3) is 4.56. The van der Waals surface area contributed by atoms with Crippen molar-refractivity contribution in [3.63, 3.8) is 0 Å². The van der Waals surface area contributed by atoms with Gasteiger partial charge in [-0.15, -0.1) is 0 Å². The number of carbonyl (C=O) groups is 1. The minimum absolute atomic E-state index is 0.187. The van der Waals surface area contributed by atoms with Crippen LogP contribution in [0.25, 0.3) is 0 Å². The number of benzene rings is 1. The fourth-order valence-corrected chi connectivity index (χ4v) is 2.10. The van der Waals surface area contributed by atoms with E-state index in [1.54, 1.807) is 0 Å². The first-order valence-electron chi connectivity index (χ1n) is 5.31. The maximum atomic E-state index is 10.9. The molecule has 0 fully saturated rings. The van der Waals surface area contributed by atoms with Crippen LogP contribution in [0.5, 0.6) is 0 Å². The van der Waals surface area contributed by atoms with E-state index in [9.17, 15) is 4.79 Å². The molecule has 5 heteroatoms. The van der Waals surface area contributed by atoms with E-state index in [4.69, 9.17) is 11.6 Å². The van der Waals surface area contributed by atoms with Crippen LogP contribution in [0.1, 0.15) is 18.4 Å². The van der Waals surface area contributed by atoms with E-state index in [0.717, 1.165) is 27.2 Å². The van der Waals surface area contributed by atoms with Gasteiger partial charge in [-0.2, -0.15) is 0 Å². The van der Waals surface area contributed by atoms with Crippen molar-refractivity contribution in [1.82, 2.24) is 0 Å². The van der Waals surface area contributed by atoms with Gasteiger partial charge in [-0.1, -0.05) is 11.6 Å². The predicted molar refractivity (Wildman–Crippen MR) is 73.6 cm³/mol. The van der Waals surface area contributed by atoms with Gasteiger partial charge in [0, 0.05) is 28.1 Å². The van der Waals surface area contributed by atoms with Gasteiger partial charge in [-0.25, -0.2) is 0 Å². The van der Waals surface area contributed by atoms with Crippen LogP contribution in [-0.4, -0.2) is 19.6 Å². The molecule has 0 spiro atoms. The van der Waals surface area contributed by atoms with E-state index in [1.165, 1.54) is 7.11 Å². The lowest BCUT2D eigenvalue weighted by Crippen LogP contribution is -2.07. The fourth-order valence-electron chi connectivity index (χ4n) is 1.34. The Bertz CT molecular complexity index is 410. The zero-order chi connectivity index (χ0) is 12.8. The number of halogens is 2. The Labute approximate surface area is 115 Å². The lowest BCUT2D eigenvalue weighted by Gasteiger charge is -2.10. The summed E-state index contributed by atoms with van der Waals surface area (Å²) in [6.07, 6.45) is 1.14. The van der Waals surface area contributed by atoms with Crippen LogP contribution in [0.3, 0.4) is 0 Å². The third-order valence-corrected chi connectivity index (χ3v) is 3.41. The Morgan fingerprint density at radius 2 is 2.24 bits per heavy atom. The van der Waals surface area contributed by atoms with Crippen molar-refractivity contribution in [3.8, 4) is 0 Å². The average Bonchev–Trinajstić information content (AvgIpc) is 2.30. The van der Waals surface area contributed by atoms with Gasteiger partial charge in [0.25, 0.3) is 0 Å². The molecule has 0 bridgehead atoms. The highest BCUT2D eigenvalue weighted by molar-refractivity contribution is 9.10. The summed E-state index contributed by atoms with van der Waals surface area (Å²) in [6, 6.07) is 3.84. The minimum atomic E-state index is -0.187. The summed E-state index contributed by atoms with van der Waals surface area (Å²) < 4.78 is 5.53. The first-order chi connectivity index (χ1) is 8.04. The van der Waals surface area contributed by atoms with Crippen LogP contribution >= 0.6 is 27.5 Å². The Hall–Kier alpha value is -0.740. The molecule has 94 valence electrons. The summed E-state index contributed by atoms with van der Waals surface area (Å²) in [6.45, 7) is 2.65. The summed E-state index contributed by atoms with van der Waals surface area (Å²) in [5.74, 6) is -0.187. The van der Waals surface area contributed by atoms with Crippen LogP contribution in [0.2, 0.25) is 5.02 Å². The molecule has 1 aromatic carbocycles. The third-order valence-electron chi connectivity index (χ3n) is 2.35. The van der Waals surface area contributed by atoms with Gasteiger partial charge in [0.05, 0.1) is 7.11 Å². The summed E-state index contributed by atoms with van der Waals surface area (Å²) in [5.41, 5.74) is 1.96. The smallest absolute Gasteiger partial charge is 0.305 e. The highest BCUT2D eigenvalue weighted by Crippen LogP contribution is 2.29. The van der Waals surface area contributed by atoms with Crippen molar-refractivity contribution in [2.24, 2.45) is 0 Å². The molecule has 0 unspecified atom stereocenters. The summed E-state index contributed by atoms with van der Waals surface area (Å²) in [7, 11) is 1.39. The molecule has 0 amide bonds. The van der Waals surface area contributed by atoms with E-state index in [1.807, 2.05) is 19.1 Å². The van der Waals surface area contributed by atoms with Gasteiger partial charge >= 0.3 is 5.97 Å². The van der Waals surface area contributed by atoms with Crippen molar-refractivity contribution >= 4 is 39.2 Å². The van der Waals surface area contributed by atoms with E-state index >= 15 is 0 Å². The van der Waals surface area contributed by atoms with Crippen LogP contribution in [-0.2, 0) is 9.53 Å². The first kappa shape index (κ1) is 14.3. The molecule has 3 nitrogen and oxygen atoms in total. The molecule has 1 N–H and O–H groups in total. The fraction of sp³-hybridized carbons (Fsp3) is 0.417. The number of hydrogen-bond acceptors (Lipinski definition) is 3. The van der Waals surface area contributed by atoms with Crippen molar-refractivity contribution in [3.05, 3.63) is 27.2 Å². The SMILES string of the molecule is COC(=O)CCCNc1cc(Cl)c(C)cc1Br. The van der Waals surface area contributed by atoms with Gasteiger partial charge in [0.1, 0.15) is 0 Å². The summed E-state index contributed by atoms with van der Waals surface area (Å²) >= 11 is 9.50. The molecule has 0 aromatic heterocycles. The maximum Gasteiger partial charge on any atom is 0.305 e. The molecular formula is C12H15BrClNO2. The van der Waals surface area contributed by atoms with E-state index in [-0.39, 0.29) is 5.97 Å². The quantitative estimate of drug-likeness (QED) is 0.663. The zero-order valence-corrected chi connectivity index (χ0v) is 12.2. The van der Waals surface area contributed by atoms with E-state index in [0.29, 0.717) is 13.0 Å². The number of esters is 1. The van der Waals surface area contributed by atoms with Crippen molar-refractivity contribution in [2.45, 2.75) is 19.8 Å². The normalized spacial score (nSPS) is 10.1. The van der Waals surface area contributed by atoms with Crippen molar-refractivity contribution in [1.29, 1.82) is 0 Å². The highest BCUT2D eigenvalue weighted by Gasteiger charge is 2.04. The molecule has 1 rings (SSSR count). The Morgan fingerprint density at radius 1 is 1.53 bits per heavy atom. The van der Waals surface area contributed by atoms with Crippen LogP contribution in [0.4, 0.5) is 5.69 Å². The number of anilines is 1. The minimum Gasteiger partial charge on any atom is -0.469 e. The van der Waals surface area contributed by atoms with Crippen LogP contribution in [0.15, 0.2) is 16.6 Å². The zero-order valence-electron chi connectivity index (χ0n) is 9.85. The number of ether oxygens (including phenoxy) is 1. The van der Waals surface area contributed by atoms with Crippen molar-refractivity contribution in [2.75, 3.05) is 19.0 Å². The Kier molecular flexibility index (Phi) is 5.78. The Balaban J connectivity index is 2.47. The molecule has 0 aliphatic carbocycles. The Morgan fingerprint density at radius 3 is 2.88 bits per heavy atom. The second kappa shape index (κ2) is 6.87. The number of nitrogens with one attached hydrogen (secondary N) is 1. The highest BCUT2D eigenvalue weighted by atomic mass is 79.9. The van der Waals surface area contributed by atoms with Crippen LogP contribution < -0.4 is 5.32 Å². The van der Waals surface area contributed by atoms with Gasteiger partial charge in [0.2, 0.25) is 0 Å². The maximum absolute atomic E-state index is 10.9. The molecule has 1 aromatic rings. The number of methoxy groups -OCH3 is 1. The molecule has 0 aliphatic heterocycles. The lowest BCUT2D eigenvalue weighted by molar-refractivity contribution is -0.140. The molecule has 0 atom stereocenters. The first-order valence-corrected chi connectivity index (χ1v) is 6.48. The molecule has 0 radical (unpaired) electrons. The molecular weight excluding hydrogens is 305 g/mol. The summed E-state index contributed by atoms with van der Waals surface area (Å²) in [4.78, 5) is 10.9. The van der Waals surface area contributed by atoms with Gasteiger partial charge in [-0.05, 0) is 47.0 Å². The van der Waals surface area contributed by atoms with Gasteiger partial charge in [-0.3, -0.25) is 4.79 Å². The lowest BCUT2D eigenvalue weighted by atomic mass is 10.2. The number of carbonyl (C=O) groups excluding carboxylic acids is 1. The number of rotatable bonds is 5. The standard InChI is InChI=1S/C12H15BrClNO2/c1-8-6-9(13)11(7-10(8)14)15-5-3-4-12(16)17-2/h6-7,15H,3-5H2,1-2H3. The second-order valence-corrected chi connectivity index (χ2v) is 4.95. The van der Waals surface area contributed by atoms with E-state index in [2.05, 4.69) is 26.0 Å². The largest absolute Gasteiger partial charge is 0.469 e. The molecule has 17 heavy (non-hydrogen) atoms. The summed E-state index contributed by atoms with van der Waals surface area (Å²) in [5, 5.41) is 3.95.